The normalized spacial score (nSPS) is 11.9. The molecule has 1 unspecified atom stereocenters. The van der Waals surface area contributed by atoms with Gasteiger partial charge in [-0.25, -0.2) is 0 Å². The minimum Gasteiger partial charge on any atom is -0.462 e. The van der Waals surface area contributed by atoms with E-state index >= 15 is 0 Å². The maximum absolute atomic E-state index is 12.9. The molecule has 0 bridgehead atoms. The Kier molecular flexibility index (Phi) is 66.5. The maximum Gasteiger partial charge on any atom is 0.306 e. The highest BCUT2D eigenvalue weighted by Gasteiger charge is 2.20. The highest BCUT2D eigenvalue weighted by Crippen LogP contribution is 2.20. The summed E-state index contributed by atoms with van der Waals surface area (Å²) >= 11 is 0. The van der Waals surface area contributed by atoms with Gasteiger partial charge in [0.15, 0.2) is 6.10 Å². The van der Waals surface area contributed by atoms with E-state index in [1.165, 1.54) is 327 Å². The van der Waals surface area contributed by atoms with Crippen LogP contribution >= 0.6 is 0 Å². The van der Waals surface area contributed by atoms with Gasteiger partial charge in [-0.05, 0) is 19.3 Å². The van der Waals surface area contributed by atoms with Crippen molar-refractivity contribution in [3.63, 3.8) is 0 Å². The fourth-order valence-electron chi connectivity index (χ4n) is 11.5. The highest BCUT2D eigenvalue weighted by atomic mass is 16.6. The highest BCUT2D eigenvalue weighted by molar-refractivity contribution is 5.71. The van der Waals surface area contributed by atoms with Gasteiger partial charge in [-0.15, -0.1) is 0 Å². The van der Waals surface area contributed by atoms with Crippen molar-refractivity contribution in [2.75, 3.05) is 13.2 Å². The lowest BCUT2D eigenvalue weighted by atomic mass is 10.0. The molecule has 0 saturated carbocycles. The fraction of sp³-hybridized carbons (Fsp3) is 0.958. The zero-order chi connectivity index (χ0) is 56.4. The van der Waals surface area contributed by atoms with Gasteiger partial charge in [0.05, 0.1) is 0 Å². The van der Waals surface area contributed by atoms with E-state index in [1.54, 1.807) is 0 Å². The number of hydrogen-bond donors (Lipinski definition) is 0. The van der Waals surface area contributed by atoms with Crippen LogP contribution in [-0.4, -0.2) is 37.2 Å². The van der Waals surface area contributed by atoms with Crippen molar-refractivity contribution in [1.29, 1.82) is 0 Å². The van der Waals surface area contributed by atoms with E-state index in [-0.39, 0.29) is 31.1 Å². The molecule has 0 spiro atoms. The van der Waals surface area contributed by atoms with Gasteiger partial charge in [-0.3, -0.25) is 14.4 Å². The number of rotatable bonds is 68. The summed E-state index contributed by atoms with van der Waals surface area (Å²) in [6.07, 6.45) is 80.0. The summed E-state index contributed by atoms with van der Waals surface area (Å²) < 4.78 is 17.0. The van der Waals surface area contributed by atoms with Crippen LogP contribution in [0.15, 0.2) is 0 Å². The van der Waals surface area contributed by atoms with Crippen molar-refractivity contribution in [2.45, 2.75) is 431 Å². The molecular weight excluding hydrogens is 961 g/mol. The van der Waals surface area contributed by atoms with Gasteiger partial charge >= 0.3 is 17.9 Å². The van der Waals surface area contributed by atoms with Crippen LogP contribution in [0.25, 0.3) is 0 Å². The summed E-state index contributed by atoms with van der Waals surface area (Å²) in [5.74, 6) is -0.821. The Labute approximate surface area is 488 Å². The predicted molar refractivity (Wildman–Crippen MR) is 340 cm³/mol. The van der Waals surface area contributed by atoms with Gasteiger partial charge in [-0.2, -0.15) is 0 Å². The third-order valence-electron chi connectivity index (χ3n) is 16.9. The van der Waals surface area contributed by atoms with Gasteiger partial charge in [0, 0.05) is 19.3 Å². The SMILES string of the molecule is CCCCCCCCCCCCCCCCCCCCCCCCCCCCCCCCC(=O)OCC(COC(=O)CCCCCCCCCCCCCCCC)OC(=O)CCCCCCCCCCCCCCCCCC. The first kappa shape index (κ1) is 76.4. The second-order valence-electron chi connectivity index (χ2n) is 24.9. The van der Waals surface area contributed by atoms with Crippen LogP contribution in [0, 0.1) is 0 Å². The molecular formula is C72H140O6. The average molecular weight is 1100 g/mol. The Morgan fingerprint density at radius 3 is 0.513 bits per heavy atom. The van der Waals surface area contributed by atoms with Crippen LogP contribution in [0.2, 0.25) is 0 Å². The summed E-state index contributed by atoms with van der Waals surface area (Å²) in [7, 11) is 0. The molecule has 1 atom stereocenters. The molecule has 0 aromatic heterocycles. The van der Waals surface area contributed by atoms with Crippen LogP contribution < -0.4 is 0 Å². The molecule has 0 aliphatic heterocycles. The van der Waals surface area contributed by atoms with E-state index in [9.17, 15) is 14.4 Å². The second kappa shape index (κ2) is 67.9. The minimum absolute atomic E-state index is 0.0603. The molecule has 0 amide bonds. The number of hydrogen-bond acceptors (Lipinski definition) is 6. The van der Waals surface area contributed by atoms with Crippen molar-refractivity contribution >= 4 is 17.9 Å². The van der Waals surface area contributed by atoms with Crippen molar-refractivity contribution in [3.8, 4) is 0 Å². The molecule has 0 aromatic rings. The first-order valence-corrected chi connectivity index (χ1v) is 36.0. The van der Waals surface area contributed by atoms with E-state index in [4.69, 9.17) is 14.2 Å². The molecule has 6 heteroatoms. The molecule has 0 rings (SSSR count). The molecule has 0 aliphatic carbocycles. The molecule has 0 N–H and O–H groups in total. The topological polar surface area (TPSA) is 78.9 Å². The molecule has 0 fully saturated rings. The molecule has 0 heterocycles. The van der Waals surface area contributed by atoms with Crippen molar-refractivity contribution in [2.24, 2.45) is 0 Å². The monoisotopic (exact) mass is 1100 g/mol. The Bertz CT molecular complexity index is 1170. The fourth-order valence-corrected chi connectivity index (χ4v) is 11.5. The second-order valence-corrected chi connectivity index (χ2v) is 24.9. The van der Waals surface area contributed by atoms with E-state index in [2.05, 4.69) is 20.8 Å². The predicted octanol–water partition coefficient (Wildman–Crippen LogP) is 24.6. The molecule has 0 aliphatic rings. The lowest BCUT2D eigenvalue weighted by Gasteiger charge is -2.18. The summed E-state index contributed by atoms with van der Waals surface area (Å²) in [5, 5.41) is 0. The van der Waals surface area contributed by atoms with Crippen LogP contribution in [0.5, 0.6) is 0 Å². The lowest BCUT2D eigenvalue weighted by molar-refractivity contribution is -0.167. The minimum atomic E-state index is -0.763. The molecule has 0 radical (unpaired) electrons. The molecule has 464 valence electrons. The van der Waals surface area contributed by atoms with Gasteiger partial charge in [0.1, 0.15) is 13.2 Å². The number of carbonyl (C=O) groups excluding carboxylic acids is 3. The molecule has 0 saturated heterocycles. The Morgan fingerprint density at radius 2 is 0.346 bits per heavy atom. The Balaban J connectivity index is 4.11. The standard InChI is InChI=1S/C72H140O6/c1-4-7-10-13-16-19-22-25-28-30-31-32-33-34-35-36-37-38-39-40-41-42-43-45-47-50-53-56-59-62-65-71(74)77-68-69(67-76-70(73)64-61-58-55-52-49-46-27-24-21-18-15-12-9-6-3)78-72(75)66-63-60-57-54-51-48-44-29-26-23-20-17-14-11-8-5-2/h69H,4-68H2,1-3H3. The summed E-state index contributed by atoms with van der Waals surface area (Å²) in [4.78, 5) is 38.4. The van der Waals surface area contributed by atoms with Gasteiger partial charge in [-0.1, -0.05) is 387 Å². The van der Waals surface area contributed by atoms with E-state index in [0.29, 0.717) is 19.3 Å². The van der Waals surface area contributed by atoms with E-state index in [1.807, 2.05) is 0 Å². The summed E-state index contributed by atoms with van der Waals surface area (Å²) in [6.45, 7) is 6.74. The Hall–Kier alpha value is -1.59. The zero-order valence-electron chi connectivity index (χ0n) is 53.5. The van der Waals surface area contributed by atoms with E-state index < -0.39 is 6.10 Å². The largest absolute Gasteiger partial charge is 0.462 e. The van der Waals surface area contributed by atoms with E-state index in [0.717, 1.165) is 57.8 Å². The van der Waals surface area contributed by atoms with Crippen LogP contribution in [0.1, 0.15) is 425 Å². The number of ether oxygens (including phenoxy) is 3. The van der Waals surface area contributed by atoms with Crippen molar-refractivity contribution < 1.29 is 28.6 Å². The van der Waals surface area contributed by atoms with Crippen LogP contribution in [0.3, 0.4) is 0 Å². The van der Waals surface area contributed by atoms with Gasteiger partial charge < -0.3 is 14.2 Å². The van der Waals surface area contributed by atoms with Gasteiger partial charge in [0.2, 0.25) is 0 Å². The number of esters is 3. The molecule has 78 heavy (non-hydrogen) atoms. The van der Waals surface area contributed by atoms with Crippen molar-refractivity contribution in [3.05, 3.63) is 0 Å². The number of carbonyl (C=O) groups is 3. The van der Waals surface area contributed by atoms with Crippen LogP contribution in [0.4, 0.5) is 0 Å². The third-order valence-corrected chi connectivity index (χ3v) is 16.9. The summed E-state index contributed by atoms with van der Waals surface area (Å²) in [6, 6.07) is 0. The first-order chi connectivity index (χ1) is 38.5. The number of unbranched alkanes of at least 4 members (excludes halogenated alkanes) is 57. The zero-order valence-corrected chi connectivity index (χ0v) is 53.5. The van der Waals surface area contributed by atoms with Crippen LogP contribution in [-0.2, 0) is 28.6 Å². The third kappa shape index (κ3) is 65.2. The molecule has 0 aromatic carbocycles. The lowest BCUT2D eigenvalue weighted by Crippen LogP contribution is -2.30. The summed E-state index contributed by atoms with van der Waals surface area (Å²) in [5.41, 5.74) is 0. The first-order valence-electron chi connectivity index (χ1n) is 36.0. The van der Waals surface area contributed by atoms with Crippen molar-refractivity contribution in [1.82, 2.24) is 0 Å². The van der Waals surface area contributed by atoms with Gasteiger partial charge in [0.25, 0.3) is 0 Å². The smallest absolute Gasteiger partial charge is 0.306 e. The quantitative estimate of drug-likeness (QED) is 0.0343. The maximum atomic E-state index is 12.9. The molecule has 6 nitrogen and oxygen atoms in total. The average Bonchev–Trinajstić information content (AvgIpc) is 3.44. The Morgan fingerprint density at radius 1 is 0.205 bits per heavy atom.